The Morgan fingerprint density at radius 3 is 2.36 bits per heavy atom. The molecule has 0 N–H and O–H groups in total. The van der Waals surface area contributed by atoms with Crippen LogP contribution in [0.5, 0.6) is 0 Å². The number of benzene rings is 1. The Kier molecular flexibility index (Phi) is 6.22. The molecule has 2 fully saturated rings. The van der Waals surface area contributed by atoms with E-state index in [1.54, 1.807) is 9.47 Å². The third kappa shape index (κ3) is 4.68. The van der Waals surface area contributed by atoms with Gasteiger partial charge in [0.05, 0.1) is 16.8 Å². The van der Waals surface area contributed by atoms with Gasteiger partial charge in [-0.1, -0.05) is 0 Å². The summed E-state index contributed by atoms with van der Waals surface area (Å²) < 4.78 is 35.5. The zero-order valence-corrected chi connectivity index (χ0v) is 21.2. The summed E-state index contributed by atoms with van der Waals surface area (Å²) in [5, 5.41) is 0.849. The molecule has 4 heterocycles. The van der Waals surface area contributed by atoms with Crippen molar-refractivity contribution in [3.8, 4) is 5.69 Å². The fraction of sp³-hybridized carbons (Fsp3) is 0.500. The van der Waals surface area contributed by atoms with Gasteiger partial charge in [-0.25, -0.2) is 23.5 Å². The molecule has 2 aromatic heterocycles. The van der Waals surface area contributed by atoms with Gasteiger partial charge in [-0.15, -0.1) is 0 Å². The molecule has 8 nitrogen and oxygen atoms in total. The average Bonchev–Trinajstić information content (AvgIpc) is 3.45. The lowest BCUT2D eigenvalue weighted by Crippen LogP contribution is -2.54. The largest absolute Gasteiger partial charge is 0.444 e. The molecule has 1 aromatic carbocycles. The molecule has 0 saturated carbocycles. The van der Waals surface area contributed by atoms with Crippen molar-refractivity contribution in [2.75, 3.05) is 42.5 Å². The van der Waals surface area contributed by atoms with Gasteiger partial charge in [0.25, 0.3) is 0 Å². The van der Waals surface area contributed by atoms with Crippen molar-refractivity contribution in [1.82, 2.24) is 19.4 Å². The monoisotopic (exact) mass is 498 g/mol. The zero-order chi connectivity index (χ0) is 25.6. The number of carbonyl (C=O) groups is 1. The molecule has 192 valence electrons. The van der Waals surface area contributed by atoms with Gasteiger partial charge in [-0.05, 0) is 52.7 Å². The second-order valence-electron chi connectivity index (χ2n) is 10.6. The summed E-state index contributed by atoms with van der Waals surface area (Å²) in [5.74, 6) is -0.527. The predicted octanol–water partition coefficient (Wildman–Crippen LogP) is 4.74. The van der Waals surface area contributed by atoms with Crippen LogP contribution >= 0.6 is 0 Å². The second-order valence-corrected chi connectivity index (χ2v) is 10.6. The summed E-state index contributed by atoms with van der Waals surface area (Å²) in [6.45, 7) is 11.0. The van der Waals surface area contributed by atoms with Crippen LogP contribution in [0.3, 0.4) is 0 Å². The van der Waals surface area contributed by atoms with Crippen LogP contribution in [0.15, 0.2) is 30.7 Å². The van der Waals surface area contributed by atoms with E-state index in [-0.39, 0.29) is 12.1 Å². The predicted molar refractivity (Wildman–Crippen MR) is 135 cm³/mol. The third-order valence-electron chi connectivity index (χ3n) is 6.67. The number of anilines is 2. The highest BCUT2D eigenvalue weighted by Crippen LogP contribution is 2.38. The fourth-order valence-corrected chi connectivity index (χ4v) is 5.08. The Bertz CT molecular complexity index is 1260. The van der Waals surface area contributed by atoms with Gasteiger partial charge in [0.2, 0.25) is 0 Å². The molecule has 1 atom stereocenters. The van der Waals surface area contributed by atoms with E-state index in [9.17, 15) is 13.6 Å². The first-order chi connectivity index (χ1) is 17.1. The molecule has 0 unspecified atom stereocenters. The van der Waals surface area contributed by atoms with Crippen molar-refractivity contribution >= 4 is 28.6 Å². The van der Waals surface area contributed by atoms with Crippen LogP contribution in [-0.4, -0.2) is 69.9 Å². The van der Waals surface area contributed by atoms with Gasteiger partial charge in [0.1, 0.15) is 29.4 Å². The first kappa shape index (κ1) is 24.3. The lowest BCUT2D eigenvalue weighted by molar-refractivity contribution is 0.0218. The molecular formula is C26H32F2N6O2. The van der Waals surface area contributed by atoms with E-state index in [0.717, 1.165) is 48.9 Å². The van der Waals surface area contributed by atoms with Crippen LogP contribution in [0.4, 0.5) is 25.1 Å². The maximum atomic E-state index is 14.1. The molecule has 3 aromatic rings. The standard InChI is InChI=1S/C26H32F2N6O2/c1-17-14-32(25(35)36-26(2,3)4)9-10-33(17)23-22-21(31-7-5-6-8-31)15-34(24(22)30-16-29-23)20-12-18(27)11-19(28)13-20/h11-13,15-17H,5-10,14H2,1-4H3/t17-/m0/s1. The number of carbonyl (C=O) groups excluding carboxylic acids is 1. The molecule has 2 aliphatic heterocycles. The summed E-state index contributed by atoms with van der Waals surface area (Å²) in [6, 6.07) is 3.45. The number of nitrogens with zero attached hydrogens (tertiary/aromatic N) is 6. The van der Waals surface area contributed by atoms with Crippen molar-refractivity contribution in [3.05, 3.63) is 42.4 Å². The minimum absolute atomic E-state index is 0.0224. The number of aromatic nitrogens is 3. The molecule has 0 aliphatic carbocycles. The molecule has 1 amide bonds. The highest BCUT2D eigenvalue weighted by molar-refractivity contribution is 6.01. The van der Waals surface area contributed by atoms with Gasteiger partial charge in [0, 0.05) is 51.0 Å². The number of halogens is 2. The quantitative estimate of drug-likeness (QED) is 0.520. The van der Waals surface area contributed by atoms with Crippen LogP contribution in [0.1, 0.15) is 40.5 Å². The summed E-state index contributed by atoms with van der Waals surface area (Å²) in [7, 11) is 0. The molecule has 0 spiro atoms. The number of fused-ring (bicyclic) bond motifs is 1. The van der Waals surface area contributed by atoms with Crippen LogP contribution in [-0.2, 0) is 4.74 Å². The Balaban J connectivity index is 1.55. The van der Waals surface area contributed by atoms with E-state index in [2.05, 4.69) is 26.7 Å². The van der Waals surface area contributed by atoms with E-state index >= 15 is 0 Å². The molecule has 0 radical (unpaired) electrons. The van der Waals surface area contributed by atoms with Crippen molar-refractivity contribution in [1.29, 1.82) is 0 Å². The van der Waals surface area contributed by atoms with Crippen molar-refractivity contribution in [2.45, 2.75) is 52.2 Å². The number of piperazine rings is 1. The minimum atomic E-state index is -0.643. The van der Waals surface area contributed by atoms with Crippen LogP contribution < -0.4 is 9.80 Å². The first-order valence-corrected chi connectivity index (χ1v) is 12.4. The van der Waals surface area contributed by atoms with Crippen molar-refractivity contribution < 1.29 is 18.3 Å². The maximum Gasteiger partial charge on any atom is 0.410 e. The SMILES string of the molecule is C[C@H]1CN(C(=O)OC(C)(C)C)CCN1c1ncnc2c1c(N1CCCC1)cn2-c1cc(F)cc(F)c1. The van der Waals surface area contributed by atoms with Crippen LogP contribution in [0, 0.1) is 11.6 Å². The topological polar surface area (TPSA) is 66.7 Å². The first-order valence-electron chi connectivity index (χ1n) is 12.4. The van der Waals surface area contributed by atoms with Gasteiger partial charge in [0.15, 0.2) is 5.65 Å². The van der Waals surface area contributed by atoms with Gasteiger partial charge in [-0.3, -0.25) is 4.57 Å². The average molecular weight is 499 g/mol. The maximum absolute atomic E-state index is 14.1. The Morgan fingerprint density at radius 2 is 1.72 bits per heavy atom. The molecular weight excluding hydrogens is 466 g/mol. The third-order valence-corrected chi connectivity index (χ3v) is 6.67. The van der Waals surface area contributed by atoms with Crippen molar-refractivity contribution in [3.63, 3.8) is 0 Å². The zero-order valence-electron chi connectivity index (χ0n) is 21.2. The lowest BCUT2D eigenvalue weighted by Gasteiger charge is -2.41. The Morgan fingerprint density at radius 1 is 1.03 bits per heavy atom. The van der Waals surface area contributed by atoms with Crippen LogP contribution in [0.25, 0.3) is 16.7 Å². The van der Waals surface area contributed by atoms with E-state index in [1.807, 2.05) is 27.0 Å². The van der Waals surface area contributed by atoms with Gasteiger partial charge < -0.3 is 19.4 Å². The molecule has 5 rings (SSSR count). The smallest absolute Gasteiger partial charge is 0.410 e. The summed E-state index contributed by atoms with van der Waals surface area (Å²) in [6.07, 6.45) is 5.23. The minimum Gasteiger partial charge on any atom is -0.444 e. The van der Waals surface area contributed by atoms with Crippen molar-refractivity contribution in [2.24, 2.45) is 0 Å². The number of rotatable bonds is 3. The molecule has 10 heteroatoms. The van der Waals surface area contributed by atoms with E-state index in [1.165, 1.54) is 18.5 Å². The van der Waals surface area contributed by atoms with E-state index in [4.69, 9.17) is 4.74 Å². The van der Waals surface area contributed by atoms with Gasteiger partial charge in [-0.2, -0.15) is 0 Å². The fourth-order valence-electron chi connectivity index (χ4n) is 5.08. The van der Waals surface area contributed by atoms with E-state index in [0.29, 0.717) is 31.0 Å². The van der Waals surface area contributed by atoms with Crippen LogP contribution in [0.2, 0.25) is 0 Å². The Hall–Kier alpha value is -3.43. The number of hydrogen-bond donors (Lipinski definition) is 0. The second kappa shape index (κ2) is 9.22. The molecule has 2 saturated heterocycles. The summed E-state index contributed by atoms with van der Waals surface area (Å²) in [4.78, 5) is 28.1. The highest BCUT2D eigenvalue weighted by atomic mass is 19.1. The number of amides is 1. The summed E-state index contributed by atoms with van der Waals surface area (Å²) >= 11 is 0. The molecule has 2 aliphatic rings. The number of ether oxygens (including phenoxy) is 1. The summed E-state index contributed by atoms with van der Waals surface area (Å²) in [5.41, 5.74) is 1.36. The van der Waals surface area contributed by atoms with Gasteiger partial charge >= 0.3 is 6.09 Å². The lowest BCUT2D eigenvalue weighted by atomic mass is 10.1. The number of hydrogen-bond acceptors (Lipinski definition) is 6. The molecule has 0 bridgehead atoms. The Labute approximate surface area is 209 Å². The highest BCUT2D eigenvalue weighted by Gasteiger charge is 2.33. The van der Waals surface area contributed by atoms with E-state index < -0.39 is 17.2 Å². The normalized spacial score (nSPS) is 18.8. The molecule has 36 heavy (non-hydrogen) atoms.